The SMILES string of the molecule is Cc1c(NC(=O)c2ccc(C(C)(C)OC(=O)C(F)(F)F)cc2F)cc(F)cc1-c1ncnc2[nH]c(-c3ccc(CN4CCN(CCN5CCNCC5)CC4)cc3)cc12. The highest BCUT2D eigenvalue weighted by molar-refractivity contribution is 6.06. The van der Waals surface area contributed by atoms with Crippen LogP contribution in [0.25, 0.3) is 33.5 Å². The van der Waals surface area contributed by atoms with Crippen molar-refractivity contribution in [3.05, 3.63) is 101 Å². The molecule has 0 unspecified atom stereocenters. The van der Waals surface area contributed by atoms with Gasteiger partial charge in [0.2, 0.25) is 0 Å². The molecule has 306 valence electrons. The van der Waals surface area contributed by atoms with Gasteiger partial charge in [0.1, 0.15) is 29.2 Å². The normalized spacial score (nSPS) is 16.1. The largest absolute Gasteiger partial charge is 0.490 e. The Morgan fingerprint density at radius 2 is 1.52 bits per heavy atom. The molecule has 16 heteroatoms. The minimum absolute atomic E-state index is 0.0534. The zero-order valence-corrected chi connectivity index (χ0v) is 32.5. The van der Waals surface area contributed by atoms with Crippen molar-refractivity contribution in [2.75, 3.05) is 70.8 Å². The number of ether oxygens (including phenoxy) is 1. The van der Waals surface area contributed by atoms with E-state index in [2.05, 4.69) is 69.3 Å². The number of halogens is 5. The Hall–Kier alpha value is -5.29. The van der Waals surface area contributed by atoms with E-state index in [0.29, 0.717) is 27.9 Å². The molecule has 0 saturated carbocycles. The first-order valence-electron chi connectivity index (χ1n) is 19.2. The van der Waals surface area contributed by atoms with E-state index >= 15 is 8.78 Å². The van der Waals surface area contributed by atoms with Crippen molar-refractivity contribution in [3.63, 3.8) is 0 Å². The lowest BCUT2D eigenvalue weighted by molar-refractivity contribution is -0.212. The number of rotatable bonds is 11. The highest BCUT2D eigenvalue weighted by Crippen LogP contribution is 2.36. The standard InChI is InChI=1S/C42H45F5N8O3/c1-26-32(21-30(43)22-35(26)52-39(56)31-9-8-29(20-34(31)44)41(2,3)58-40(57)42(45,46)47)37-33-23-36(51-38(33)50-25-49-37)28-6-4-27(5-7-28)24-55-18-16-54(17-19-55)15-14-53-12-10-48-11-13-53/h4-9,20-23,25,48H,10-19,24H2,1-3H3,(H,52,56)(H,49,50,51). The summed E-state index contributed by atoms with van der Waals surface area (Å²) in [4.78, 5) is 44.5. The summed E-state index contributed by atoms with van der Waals surface area (Å²) < 4.78 is 73.3. The monoisotopic (exact) mass is 804 g/mol. The van der Waals surface area contributed by atoms with E-state index in [-0.39, 0.29) is 11.3 Å². The number of carbonyl (C=O) groups is 2. The van der Waals surface area contributed by atoms with Crippen LogP contribution in [0, 0.1) is 18.6 Å². The van der Waals surface area contributed by atoms with Gasteiger partial charge in [-0.3, -0.25) is 19.5 Å². The van der Waals surface area contributed by atoms with Crippen molar-refractivity contribution in [1.29, 1.82) is 0 Å². The number of aromatic amines is 1. The number of nitrogens with zero attached hydrogens (tertiary/aromatic N) is 5. The number of amides is 1. The number of alkyl halides is 3. The second kappa shape index (κ2) is 16.9. The fraction of sp³-hybridized carbons (Fsp3) is 0.381. The smallest absolute Gasteiger partial charge is 0.448 e. The van der Waals surface area contributed by atoms with Crippen molar-refractivity contribution in [2.45, 2.75) is 39.1 Å². The van der Waals surface area contributed by atoms with E-state index in [9.17, 15) is 22.8 Å². The van der Waals surface area contributed by atoms with Crippen LogP contribution in [0.5, 0.6) is 0 Å². The van der Waals surface area contributed by atoms with Crippen LogP contribution in [0.2, 0.25) is 0 Å². The lowest BCUT2D eigenvalue weighted by Crippen LogP contribution is -2.50. The van der Waals surface area contributed by atoms with Gasteiger partial charge < -0.3 is 20.4 Å². The molecule has 0 spiro atoms. The van der Waals surface area contributed by atoms with E-state index in [1.807, 2.05) is 6.07 Å². The first-order chi connectivity index (χ1) is 27.6. The maximum atomic E-state index is 15.2. The third-order valence-electron chi connectivity index (χ3n) is 10.9. The number of aromatic nitrogens is 3. The number of hydrogen-bond acceptors (Lipinski definition) is 9. The Kier molecular flexibility index (Phi) is 11.9. The molecule has 5 aromatic rings. The van der Waals surface area contributed by atoms with Gasteiger partial charge >= 0.3 is 12.1 Å². The fourth-order valence-electron chi connectivity index (χ4n) is 7.41. The van der Waals surface area contributed by atoms with Gasteiger partial charge in [-0.25, -0.2) is 23.5 Å². The fourth-order valence-corrected chi connectivity index (χ4v) is 7.41. The molecular formula is C42H45F5N8O3. The molecule has 58 heavy (non-hydrogen) atoms. The number of fused-ring (bicyclic) bond motifs is 1. The molecule has 0 bridgehead atoms. The average molecular weight is 805 g/mol. The number of H-pyrrole nitrogens is 1. The summed E-state index contributed by atoms with van der Waals surface area (Å²) in [5, 5.41) is 6.58. The van der Waals surface area contributed by atoms with E-state index in [1.54, 1.807) is 6.92 Å². The Balaban J connectivity index is 1.02. The van der Waals surface area contributed by atoms with E-state index in [0.717, 1.165) is 115 Å². The highest BCUT2D eigenvalue weighted by atomic mass is 19.4. The van der Waals surface area contributed by atoms with Gasteiger partial charge in [0.25, 0.3) is 5.91 Å². The van der Waals surface area contributed by atoms with Crippen LogP contribution in [0.1, 0.15) is 40.9 Å². The molecule has 2 aromatic heterocycles. The minimum Gasteiger partial charge on any atom is -0.448 e. The number of esters is 1. The summed E-state index contributed by atoms with van der Waals surface area (Å²) in [5.41, 5.74) is 2.32. The lowest BCUT2D eigenvalue weighted by Gasteiger charge is -2.36. The zero-order chi connectivity index (χ0) is 41.2. The summed E-state index contributed by atoms with van der Waals surface area (Å²) in [5.74, 6) is -5.14. The first-order valence-corrected chi connectivity index (χ1v) is 19.2. The van der Waals surface area contributed by atoms with Gasteiger partial charge in [-0.1, -0.05) is 30.3 Å². The number of anilines is 1. The minimum atomic E-state index is -5.24. The Morgan fingerprint density at radius 3 is 2.19 bits per heavy atom. The molecule has 2 fully saturated rings. The summed E-state index contributed by atoms with van der Waals surface area (Å²) >= 11 is 0. The van der Waals surface area contributed by atoms with Gasteiger partial charge in [0.15, 0.2) is 0 Å². The predicted octanol–water partition coefficient (Wildman–Crippen LogP) is 6.49. The van der Waals surface area contributed by atoms with Crippen molar-refractivity contribution < 1.29 is 36.3 Å². The summed E-state index contributed by atoms with van der Waals surface area (Å²) in [6, 6.07) is 15.7. The lowest BCUT2D eigenvalue weighted by atomic mass is 9.96. The molecule has 3 aromatic carbocycles. The molecule has 0 radical (unpaired) electrons. The molecule has 7 rings (SSSR count). The van der Waals surface area contributed by atoms with Crippen LogP contribution in [0.4, 0.5) is 27.6 Å². The molecule has 1 amide bonds. The van der Waals surface area contributed by atoms with Crippen molar-refractivity contribution >= 4 is 28.6 Å². The molecular weight excluding hydrogens is 760 g/mol. The van der Waals surface area contributed by atoms with Gasteiger partial charge in [0.05, 0.1) is 11.3 Å². The Morgan fingerprint density at radius 1 is 0.845 bits per heavy atom. The van der Waals surface area contributed by atoms with Gasteiger partial charge in [-0.2, -0.15) is 13.2 Å². The number of carbonyl (C=O) groups excluding carboxylic acids is 2. The summed E-state index contributed by atoms with van der Waals surface area (Å²) in [6.07, 6.45) is -3.88. The van der Waals surface area contributed by atoms with Gasteiger partial charge in [-0.05, 0) is 73.4 Å². The quantitative estimate of drug-likeness (QED) is 0.102. The van der Waals surface area contributed by atoms with Crippen LogP contribution in [-0.4, -0.2) is 113 Å². The molecule has 11 nitrogen and oxygen atoms in total. The third kappa shape index (κ3) is 9.36. The van der Waals surface area contributed by atoms with Crippen molar-refractivity contribution in [3.8, 4) is 22.5 Å². The molecule has 0 aliphatic carbocycles. The third-order valence-corrected chi connectivity index (χ3v) is 10.9. The molecule has 2 saturated heterocycles. The van der Waals surface area contributed by atoms with Gasteiger partial charge in [-0.15, -0.1) is 0 Å². The zero-order valence-electron chi connectivity index (χ0n) is 32.5. The van der Waals surface area contributed by atoms with Gasteiger partial charge in [0, 0.05) is 94.3 Å². The van der Waals surface area contributed by atoms with E-state index < -0.39 is 40.9 Å². The Bertz CT molecular complexity index is 2280. The molecule has 2 aliphatic rings. The maximum absolute atomic E-state index is 15.2. The van der Waals surface area contributed by atoms with E-state index in [4.69, 9.17) is 0 Å². The Labute approximate surface area is 332 Å². The second-order valence-electron chi connectivity index (χ2n) is 15.2. The number of benzene rings is 3. The topological polar surface area (TPSA) is 119 Å². The number of hydrogen-bond donors (Lipinski definition) is 3. The first kappa shape index (κ1) is 40.9. The van der Waals surface area contributed by atoms with Crippen LogP contribution in [0.3, 0.4) is 0 Å². The predicted molar refractivity (Wildman–Crippen MR) is 210 cm³/mol. The second-order valence-corrected chi connectivity index (χ2v) is 15.2. The van der Waals surface area contributed by atoms with Crippen LogP contribution >= 0.6 is 0 Å². The van der Waals surface area contributed by atoms with Crippen LogP contribution in [0.15, 0.2) is 67.0 Å². The average Bonchev–Trinajstić information content (AvgIpc) is 3.64. The maximum Gasteiger partial charge on any atom is 0.490 e. The summed E-state index contributed by atoms with van der Waals surface area (Å²) in [6.45, 7) is 15.6. The molecule has 4 heterocycles. The van der Waals surface area contributed by atoms with Crippen LogP contribution in [-0.2, 0) is 21.7 Å². The highest BCUT2D eigenvalue weighted by Gasteiger charge is 2.44. The molecule has 2 aliphatic heterocycles. The molecule has 3 N–H and O–H groups in total. The van der Waals surface area contributed by atoms with Crippen molar-refractivity contribution in [2.24, 2.45) is 0 Å². The number of piperazine rings is 2. The summed E-state index contributed by atoms with van der Waals surface area (Å²) in [7, 11) is 0. The van der Waals surface area contributed by atoms with E-state index in [1.165, 1.54) is 24.0 Å². The van der Waals surface area contributed by atoms with Crippen LogP contribution < -0.4 is 10.6 Å². The van der Waals surface area contributed by atoms with Crippen molar-refractivity contribution in [1.82, 2.24) is 35.0 Å². The molecule has 0 atom stereocenters. The number of nitrogens with one attached hydrogen (secondary N) is 3.